The van der Waals surface area contributed by atoms with Gasteiger partial charge in [0.25, 0.3) is 5.91 Å². The normalized spacial score (nSPS) is 11.6. The van der Waals surface area contributed by atoms with Crippen molar-refractivity contribution in [3.05, 3.63) is 36.8 Å². The first-order valence-electron chi connectivity index (χ1n) is 5.91. The fourth-order valence-electron chi connectivity index (χ4n) is 1.44. The van der Waals surface area contributed by atoms with Crippen molar-refractivity contribution in [1.29, 1.82) is 0 Å². The monoisotopic (exact) mass is 282 g/mol. The number of nitrogens with one attached hydrogen (secondary N) is 2. The number of amides is 2. The molecule has 1 rings (SSSR count). The molecule has 0 aliphatic heterocycles. The highest BCUT2D eigenvalue weighted by Gasteiger charge is 2.21. The highest BCUT2D eigenvalue weighted by Crippen LogP contribution is 2.04. The predicted molar refractivity (Wildman–Crippen MR) is 76.2 cm³/mol. The Morgan fingerprint density at radius 3 is 2.95 bits per heavy atom. The summed E-state index contributed by atoms with van der Waals surface area (Å²) in [5.41, 5.74) is 0. The van der Waals surface area contributed by atoms with Crippen LogP contribution < -0.4 is 10.6 Å². The van der Waals surface area contributed by atoms with Crippen molar-refractivity contribution < 1.29 is 14.0 Å². The van der Waals surface area contributed by atoms with Crippen LogP contribution in [-0.2, 0) is 4.79 Å². The smallest absolute Gasteiger partial charge is 0.287 e. The van der Waals surface area contributed by atoms with E-state index < -0.39 is 6.04 Å². The Bertz CT molecular complexity index is 418. The van der Waals surface area contributed by atoms with Crippen LogP contribution in [0.1, 0.15) is 17.0 Å². The minimum atomic E-state index is -0.565. The maximum atomic E-state index is 11.9. The Labute approximate surface area is 116 Å². The Hall–Kier alpha value is -1.69. The zero-order chi connectivity index (χ0) is 14.1. The van der Waals surface area contributed by atoms with Crippen LogP contribution in [0.5, 0.6) is 0 Å². The van der Waals surface area contributed by atoms with Gasteiger partial charge in [-0.15, -0.1) is 6.58 Å². The molecule has 1 aromatic rings. The first-order valence-corrected chi connectivity index (χ1v) is 7.30. The second kappa shape index (κ2) is 8.42. The quantitative estimate of drug-likeness (QED) is 0.708. The molecule has 2 N–H and O–H groups in total. The van der Waals surface area contributed by atoms with Crippen LogP contribution in [0.4, 0.5) is 0 Å². The molecule has 0 aliphatic rings. The lowest BCUT2D eigenvalue weighted by molar-refractivity contribution is -0.122. The van der Waals surface area contributed by atoms with Crippen molar-refractivity contribution >= 4 is 23.6 Å². The zero-order valence-corrected chi connectivity index (χ0v) is 11.7. The Kier molecular flexibility index (Phi) is 6.81. The Balaban J connectivity index is 2.60. The van der Waals surface area contributed by atoms with E-state index in [1.165, 1.54) is 6.26 Å². The molecular weight excluding hydrogens is 264 g/mol. The van der Waals surface area contributed by atoms with E-state index >= 15 is 0 Å². The third-order valence-electron chi connectivity index (χ3n) is 2.40. The molecule has 0 aromatic carbocycles. The molecule has 104 valence electrons. The van der Waals surface area contributed by atoms with E-state index in [0.29, 0.717) is 13.0 Å². The SMILES string of the molecule is C=CCNC(=O)[C@@H](CCSC)NC(=O)c1ccco1. The van der Waals surface area contributed by atoms with Gasteiger partial charge in [-0.2, -0.15) is 11.8 Å². The van der Waals surface area contributed by atoms with Gasteiger partial charge in [-0.1, -0.05) is 6.08 Å². The second-order valence-corrected chi connectivity index (χ2v) is 4.80. The molecule has 5 nitrogen and oxygen atoms in total. The number of thioether (sulfide) groups is 1. The fourth-order valence-corrected chi connectivity index (χ4v) is 1.91. The van der Waals surface area contributed by atoms with Crippen LogP contribution in [0.2, 0.25) is 0 Å². The topological polar surface area (TPSA) is 71.3 Å². The van der Waals surface area contributed by atoms with Gasteiger partial charge in [0.05, 0.1) is 6.26 Å². The van der Waals surface area contributed by atoms with Crippen LogP contribution in [0.15, 0.2) is 35.5 Å². The van der Waals surface area contributed by atoms with Gasteiger partial charge in [-0.25, -0.2) is 0 Å². The summed E-state index contributed by atoms with van der Waals surface area (Å²) < 4.78 is 5.00. The largest absolute Gasteiger partial charge is 0.459 e. The Morgan fingerprint density at radius 2 is 2.37 bits per heavy atom. The summed E-state index contributed by atoms with van der Waals surface area (Å²) in [7, 11) is 0. The summed E-state index contributed by atoms with van der Waals surface area (Å²) in [4.78, 5) is 23.7. The van der Waals surface area contributed by atoms with Crippen LogP contribution in [0, 0.1) is 0 Å². The first kappa shape index (κ1) is 15.4. The molecule has 1 atom stereocenters. The Morgan fingerprint density at radius 1 is 1.58 bits per heavy atom. The van der Waals surface area contributed by atoms with Gasteiger partial charge in [0.1, 0.15) is 6.04 Å². The van der Waals surface area contributed by atoms with Crippen molar-refractivity contribution in [1.82, 2.24) is 10.6 Å². The summed E-state index contributed by atoms with van der Waals surface area (Å²) in [5.74, 6) is 0.384. The maximum absolute atomic E-state index is 11.9. The summed E-state index contributed by atoms with van der Waals surface area (Å²) in [6.45, 7) is 3.91. The van der Waals surface area contributed by atoms with Gasteiger partial charge in [-0.3, -0.25) is 9.59 Å². The second-order valence-electron chi connectivity index (χ2n) is 3.82. The number of rotatable bonds is 8. The molecule has 0 saturated heterocycles. The van der Waals surface area contributed by atoms with Crippen molar-refractivity contribution in [3.63, 3.8) is 0 Å². The lowest BCUT2D eigenvalue weighted by atomic mass is 10.2. The molecule has 0 fully saturated rings. The minimum absolute atomic E-state index is 0.200. The average molecular weight is 282 g/mol. The number of carbonyl (C=O) groups is 2. The average Bonchev–Trinajstić information content (AvgIpc) is 2.94. The molecule has 1 aromatic heterocycles. The van der Waals surface area contributed by atoms with Crippen LogP contribution in [0.25, 0.3) is 0 Å². The molecule has 0 spiro atoms. The van der Waals surface area contributed by atoms with Crippen molar-refractivity contribution in [2.24, 2.45) is 0 Å². The molecule has 19 heavy (non-hydrogen) atoms. The van der Waals surface area contributed by atoms with Crippen LogP contribution >= 0.6 is 11.8 Å². The highest BCUT2D eigenvalue weighted by atomic mass is 32.2. The summed E-state index contributed by atoms with van der Waals surface area (Å²) in [6.07, 6.45) is 5.53. The van der Waals surface area contributed by atoms with E-state index in [9.17, 15) is 9.59 Å². The molecule has 0 unspecified atom stereocenters. The highest BCUT2D eigenvalue weighted by molar-refractivity contribution is 7.98. The van der Waals surface area contributed by atoms with Crippen molar-refractivity contribution in [2.45, 2.75) is 12.5 Å². The van der Waals surface area contributed by atoms with E-state index in [2.05, 4.69) is 17.2 Å². The van der Waals surface area contributed by atoms with E-state index in [1.807, 2.05) is 6.26 Å². The fraction of sp³-hybridized carbons (Fsp3) is 0.385. The molecule has 2 amide bonds. The van der Waals surface area contributed by atoms with Gasteiger partial charge >= 0.3 is 0 Å². The lowest BCUT2D eigenvalue weighted by Gasteiger charge is -2.16. The summed E-state index contributed by atoms with van der Waals surface area (Å²) in [5, 5.41) is 5.35. The predicted octanol–water partition coefficient (Wildman–Crippen LogP) is 1.43. The van der Waals surface area contributed by atoms with Gasteiger partial charge in [0, 0.05) is 6.54 Å². The summed E-state index contributed by atoms with van der Waals surface area (Å²) >= 11 is 1.62. The minimum Gasteiger partial charge on any atom is -0.459 e. The summed E-state index contributed by atoms with van der Waals surface area (Å²) in [6, 6.07) is 2.62. The molecule has 1 heterocycles. The van der Waals surface area contributed by atoms with Crippen LogP contribution in [-0.4, -0.2) is 36.4 Å². The van der Waals surface area contributed by atoms with Gasteiger partial charge in [0.15, 0.2) is 5.76 Å². The zero-order valence-electron chi connectivity index (χ0n) is 10.8. The van der Waals surface area contributed by atoms with Crippen molar-refractivity contribution in [2.75, 3.05) is 18.6 Å². The van der Waals surface area contributed by atoms with Gasteiger partial charge in [-0.05, 0) is 30.6 Å². The third kappa shape index (κ3) is 5.21. The van der Waals surface area contributed by atoms with Gasteiger partial charge in [0.2, 0.25) is 5.91 Å². The molecule has 0 saturated carbocycles. The molecule has 0 radical (unpaired) electrons. The molecular formula is C13H18N2O3S. The van der Waals surface area contributed by atoms with E-state index in [4.69, 9.17) is 4.42 Å². The number of furan rings is 1. The molecule has 0 bridgehead atoms. The number of hydrogen-bond donors (Lipinski definition) is 2. The van der Waals surface area contributed by atoms with E-state index in [0.717, 1.165) is 5.75 Å². The lowest BCUT2D eigenvalue weighted by Crippen LogP contribution is -2.47. The van der Waals surface area contributed by atoms with Crippen molar-refractivity contribution in [3.8, 4) is 0 Å². The van der Waals surface area contributed by atoms with Crippen LogP contribution in [0.3, 0.4) is 0 Å². The molecule has 6 heteroatoms. The van der Waals surface area contributed by atoms with E-state index in [-0.39, 0.29) is 17.6 Å². The standard InChI is InChI=1S/C13H18N2O3S/c1-3-7-14-12(16)10(6-9-19-2)15-13(17)11-5-4-8-18-11/h3-5,8,10H,1,6-7,9H2,2H3,(H,14,16)(H,15,17)/t10-/m1/s1. The number of carbonyl (C=O) groups excluding carboxylic acids is 2. The van der Waals surface area contributed by atoms with Gasteiger partial charge < -0.3 is 15.1 Å². The van der Waals surface area contributed by atoms with E-state index in [1.54, 1.807) is 30.0 Å². The number of hydrogen-bond acceptors (Lipinski definition) is 4. The first-order chi connectivity index (χ1) is 9.19. The third-order valence-corrected chi connectivity index (χ3v) is 3.04. The molecule has 0 aliphatic carbocycles. The maximum Gasteiger partial charge on any atom is 0.287 e.